The lowest BCUT2D eigenvalue weighted by Crippen LogP contribution is -2.20. The standard InChI is InChI=1S/C11H17BrN2O/c1-3-14-9(7-11(12)13-14)10-6-8(2)4-5-15-10/h7-8,10H,3-6H2,1-2H3. The molecule has 1 aliphatic heterocycles. The molecule has 0 saturated carbocycles. The van der Waals surface area contributed by atoms with E-state index in [1.165, 1.54) is 12.1 Å². The predicted molar refractivity (Wildman–Crippen MR) is 62.7 cm³/mol. The van der Waals surface area contributed by atoms with Gasteiger partial charge in [0.1, 0.15) is 4.60 Å². The van der Waals surface area contributed by atoms with Crippen LogP contribution >= 0.6 is 15.9 Å². The quantitative estimate of drug-likeness (QED) is 0.827. The smallest absolute Gasteiger partial charge is 0.128 e. The fourth-order valence-electron chi connectivity index (χ4n) is 2.08. The summed E-state index contributed by atoms with van der Waals surface area (Å²) in [5.74, 6) is 0.753. The minimum atomic E-state index is 0.229. The lowest BCUT2D eigenvalue weighted by Gasteiger charge is -2.27. The molecule has 0 aliphatic carbocycles. The van der Waals surface area contributed by atoms with Crippen molar-refractivity contribution in [3.05, 3.63) is 16.4 Å². The van der Waals surface area contributed by atoms with E-state index in [9.17, 15) is 0 Å². The molecule has 1 aromatic rings. The van der Waals surface area contributed by atoms with Gasteiger partial charge >= 0.3 is 0 Å². The maximum absolute atomic E-state index is 5.81. The van der Waals surface area contributed by atoms with Crippen LogP contribution < -0.4 is 0 Å². The number of aromatic nitrogens is 2. The third-order valence-corrected chi connectivity index (χ3v) is 3.34. The van der Waals surface area contributed by atoms with E-state index in [4.69, 9.17) is 4.74 Å². The molecule has 3 nitrogen and oxygen atoms in total. The first-order valence-corrected chi connectivity index (χ1v) is 6.35. The normalized spacial score (nSPS) is 26.9. The van der Waals surface area contributed by atoms with Crippen LogP contribution in [0.25, 0.3) is 0 Å². The summed E-state index contributed by atoms with van der Waals surface area (Å²) in [6.07, 6.45) is 2.52. The molecule has 4 heteroatoms. The van der Waals surface area contributed by atoms with Gasteiger partial charge < -0.3 is 4.74 Å². The molecule has 0 bridgehead atoms. The molecule has 0 N–H and O–H groups in total. The second kappa shape index (κ2) is 4.66. The number of hydrogen-bond acceptors (Lipinski definition) is 2. The zero-order valence-electron chi connectivity index (χ0n) is 9.24. The number of aryl methyl sites for hydroxylation is 1. The monoisotopic (exact) mass is 272 g/mol. The minimum absolute atomic E-state index is 0.229. The van der Waals surface area contributed by atoms with Gasteiger partial charge in [0, 0.05) is 13.2 Å². The Morgan fingerprint density at radius 3 is 3.13 bits per heavy atom. The fraction of sp³-hybridized carbons (Fsp3) is 0.727. The van der Waals surface area contributed by atoms with Crippen LogP contribution in [0.4, 0.5) is 0 Å². The zero-order valence-corrected chi connectivity index (χ0v) is 10.8. The Kier molecular flexibility index (Phi) is 3.46. The van der Waals surface area contributed by atoms with Crippen molar-refractivity contribution < 1.29 is 4.74 Å². The van der Waals surface area contributed by atoms with E-state index in [2.05, 4.69) is 40.9 Å². The molecule has 2 atom stereocenters. The molecule has 15 heavy (non-hydrogen) atoms. The molecule has 0 spiro atoms. The highest BCUT2D eigenvalue weighted by Crippen LogP contribution is 2.32. The molecular formula is C11H17BrN2O. The largest absolute Gasteiger partial charge is 0.372 e. The number of ether oxygens (including phenoxy) is 1. The number of halogens is 1. The van der Waals surface area contributed by atoms with Crippen LogP contribution in [0.1, 0.15) is 38.5 Å². The van der Waals surface area contributed by atoms with Gasteiger partial charge in [-0.1, -0.05) is 6.92 Å². The van der Waals surface area contributed by atoms with Crippen molar-refractivity contribution >= 4 is 15.9 Å². The highest BCUT2D eigenvalue weighted by Gasteiger charge is 2.24. The fourth-order valence-corrected chi connectivity index (χ4v) is 2.51. The summed E-state index contributed by atoms with van der Waals surface area (Å²) in [5, 5.41) is 4.38. The third kappa shape index (κ3) is 2.42. The molecule has 2 unspecified atom stereocenters. The first kappa shape index (κ1) is 11.1. The SMILES string of the molecule is CCn1nc(Br)cc1C1CC(C)CCO1. The molecule has 1 saturated heterocycles. The Hall–Kier alpha value is -0.350. The van der Waals surface area contributed by atoms with Gasteiger partial charge in [-0.2, -0.15) is 5.10 Å². The maximum atomic E-state index is 5.81. The lowest BCUT2D eigenvalue weighted by molar-refractivity contribution is -0.0112. The van der Waals surface area contributed by atoms with Crippen LogP contribution in [-0.2, 0) is 11.3 Å². The van der Waals surface area contributed by atoms with Crippen molar-refractivity contribution in [1.29, 1.82) is 0 Å². The summed E-state index contributed by atoms with van der Waals surface area (Å²) in [7, 11) is 0. The van der Waals surface area contributed by atoms with Crippen LogP contribution in [-0.4, -0.2) is 16.4 Å². The average Bonchev–Trinajstić information content (AvgIpc) is 2.59. The lowest BCUT2D eigenvalue weighted by atomic mass is 9.96. The van der Waals surface area contributed by atoms with Crippen molar-refractivity contribution in [1.82, 2.24) is 9.78 Å². The Morgan fingerprint density at radius 2 is 2.47 bits per heavy atom. The van der Waals surface area contributed by atoms with Crippen LogP contribution in [0, 0.1) is 5.92 Å². The molecule has 1 aromatic heterocycles. The van der Waals surface area contributed by atoms with E-state index in [1.54, 1.807) is 0 Å². The van der Waals surface area contributed by atoms with Crippen molar-refractivity contribution in [3.8, 4) is 0 Å². The first-order valence-electron chi connectivity index (χ1n) is 5.55. The number of rotatable bonds is 2. The van der Waals surface area contributed by atoms with Gasteiger partial charge in [0.2, 0.25) is 0 Å². The third-order valence-electron chi connectivity index (χ3n) is 2.96. The molecule has 0 aromatic carbocycles. The van der Waals surface area contributed by atoms with Gasteiger partial charge in [-0.05, 0) is 47.7 Å². The second-order valence-corrected chi connectivity index (χ2v) is 5.01. The number of hydrogen-bond donors (Lipinski definition) is 0. The van der Waals surface area contributed by atoms with Gasteiger partial charge in [0.15, 0.2) is 0 Å². The Bertz CT molecular complexity index is 337. The average molecular weight is 273 g/mol. The van der Waals surface area contributed by atoms with E-state index in [0.29, 0.717) is 0 Å². The predicted octanol–water partition coefficient (Wildman–Crippen LogP) is 3.15. The van der Waals surface area contributed by atoms with Crippen molar-refractivity contribution in [2.45, 2.75) is 39.3 Å². The van der Waals surface area contributed by atoms with E-state index in [-0.39, 0.29) is 6.10 Å². The maximum Gasteiger partial charge on any atom is 0.128 e. The van der Waals surface area contributed by atoms with Gasteiger partial charge in [-0.25, -0.2) is 0 Å². The topological polar surface area (TPSA) is 27.1 Å². The van der Waals surface area contributed by atoms with Crippen LogP contribution in [0.3, 0.4) is 0 Å². The van der Waals surface area contributed by atoms with Gasteiger partial charge in [-0.3, -0.25) is 4.68 Å². The Balaban J connectivity index is 2.19. The molecule has 2 heterocycles. The Labute approximate surface area is 98.9 Å². The van der Waals surface area contributed by atoms with Crippen molar-refractivity contribution in [3.63, 3.8) is 0 Å². The van der Waals surface area contributed by atoms with E-state index >= 15 is 0 Å². The summed E-state index contributed by atoms with van der Waals surface area (Å²) in [6, 6.07) is 2.08. The minimum Gasteiger partial charge on any atom is -0.372 e. The molecule has 2 rings (SSSR count). The second-order valence-electron chi connectivity index (χ2n) is 4.20. The summed E-state index contributed by atoms with van der Waals surface area (Å²) in [4.78, 5) is 0. The van der Waals surface area contributed by atoms with Gasteiger partial charge in [0.25, 0.3) is 0 Å². The van der Waals surface area contributed by atoms with Crippen LogP contribution in [0.5, 0.6) is 0 Å². The highest BCUT2D eigenvalue weighted by atomic mass is 79.9. The first-order chi connectivity index (χ1) is 7.20. The van der Waals surface area contributed by atoms with Crippen LogP contribution in [0.15, 0.2) is 10.7 Å². The van der Waals surface area contributed by atoms with Crippen molar-refractivity contribution in [2.75, 3.05) is 6.61 Å². The molecular weight excluding hydrogens is 256 g/mol. The van der Waals surface area contributed by atoms with Gasteiger partial charge in [0.05, 0.1) is 11.8 Å². The molecule has 1 fully saturated rings. The van der Waals surface area contributed by atoms with Crippen LogP contribution in [0.2, 0.25) is 0 Å². The van der Waals surface area contributed by atoms with Gasteiger partial charge in [-0.15, -0.1) is 0 Å². The van der Waals surface area contributed by atoms with E-state index < -0.39 is 0 Å². The highest BCUT2D eigenvalue weighted by molar-refractivity contribution is 9.10. The zero-order chi connectivity index (χ0) is 10.8. The molecule has 0 radical (unpaired) electrons. The summed E-state index contributed by atoms with van der Waals surface area (Å²) >= 11 is 3.42. The summed E-state index contributed by atoms with van der Waals surface area (Å²) < 4.78 is 8.73. The summed E-state index contributed by atoms with van der Waals surface area (Å²) in [5.41, 5.74) is 1.20. The molecule has 84 valence electrons. The van der Waals surface area contributed by atoms with Crippen molar-refractivity contribution in [2.24, 2.45) is 5.92 Å². The van der Waals surface area contributed by atoms with E-state index in [0.717, 1.165) is 30.1 Å². The molecule has 1 aliphatic rings. The Morgan fingerprint density at radius 1 is 1.67 bits per heavy atom. The van der Waals surface area contributed by atoms with E-state index in [1.807, 2.05) is 4.68 Å². The number of nitrogens with zero attached hydrogens (tertiary/aromatic N) is 2. The summed E-state index contributed by atoms with van der Waals surface area (Å²) in [6.45, 7) is 6.17. The molecule has 0 amide bonds.